The van der Waals surface area contributed by atoms with Crippen LogP contribution in [0, 0.1) is 0 Å². The molecule has 2 amide bonds. The molecule has 0 atom stereocenters. The summed E-state index contributed by atoms with van der Waals surface area (Å²) in [4.78, 5) is 38.4. The molecular weight excluding hydrogens is 514 g/mol. The molecule has 1 aromatic heterocycles. The van der Waals surface area contributed by atoms with Gasteiger partial charge in [-0.3, -0.25) is 9.59 Å². The van der Waals surface area contributed by atoms with E-state index in [2.05, 4.69) is 4.98 Å². The van der Waals surface area contributed by atoms with Crippen LogP contribution in [0.4, 0.5) is 11.4 Å². The van der Waals surface area contributed by atoms with E-state index in [4.69, 9.17) is 16.6 Å². The van der Waals surface area contributed by atoms with E-state index in [1.807, 2.05) is 55.4 Å². The SMILES string of the molecule is CN(C)CCC(=O)N(CC(=O)N(C)C)c1ccc(N=C(c2ccccc2)c2c(O)[nH]c3cc(Cl)ccc23)cc1. The Morgan fingerprint density at radius 3 is 2.26 bits per heavy atom. The fraction of sp³-hybridized carbons (Fsp3) is 0.233. The number of nitrogens with one attached hydrogen (secondary N) is 1. The number of aliphatic imine (C=N–C) groups is 1. The van der Waals surface area contributed by atoms with E-state index in [0.717, 1.165) is 10.9 Å². The summed E-state index contributed by atoms with van der Waals surface area (Å²) < 4.78 is 0. The van der Waals surface area contributed by atoms with Crippen LogP contribution in [0.2, 0.25) is 5.02 Å². The topological polar surface area (TPSA) is 92.2 Å². The molecule has 1 heterocycles. The summed E-state index contributed by atoms with van der Waals surface area (Å²) in [6.07, 6.45) is 0.287. The van der Waals surface area contributed by atoms with Gasteiger partial charge in [-0.05, 0) is 50.5 Å². The maximum Gasteiger partial charge on any atom is 0.242 e. The first-order chi connectivity index (χ1) is 18.6. The number of halogens is 1. The Hall–Kier alpha value is -4.14. The lowest BCUT2D eigenvalue weighted by Crippen LogP contribution is -2.41. The molecule has 0 aliphatic carbocycles. The number of H-pyrrole nitrogens is 1. The average Bonchev–Trinajstić information content (AvgIpc) is 3.24. The number of aromatic hydroxyl groups is 1. The highest BCUT2D eigenvalue weighted by Crippen LogP contribution is 2.33. The summed E-state index contributed by atoms with van der Waals surface area (Å²) in [6, 6.07) is 22.2. The van der Waals surface area contributed by atoms with Gasteiger partial charge in [0.1, 0.15) is 6.54 Å². The molecule has 9 heteroatoms. The van der Waals surface area contributed by atoms with Crippen molar-refractivity contribution < 1.29 is 14.7 Å². The van der Waals surface area contributed by atoms with Crippen molar-refractivity contribution >= 4 is 51.4 Å². The standard InChI is InChI=1S/C30H32ClN5O3/c1-34(2)17-16-26(37)36(19-27(38)35(3)4)23-13-11-22(12-14-23)32-29(20-8-6-5-7-9-20)28-24-15-10-21(31)18-25(24)33-30(28)39/h5-15,18,33,39H,16-17,19H2,1-4H3. The third-order valence-corrected chi connectivity index (χ3v) is 6.53. The van der Waals surface area contributed by atoms with Gasteiger partial charge in [0.05, 0.1) is 22.5 Å². The Kier molecular flexibility index (Phi) is 8.69. The minimum Gasteiger partial charge on any atom is -0.494 e. The number of likely N-dealkylation sites (N-methyl/N-ethyl adjacent to an activating group) is 1. The normalized spacial score (nSPS) is 11.7. The van der Waals surface area contributed by atoms with Crippen LogP contribution in [-0.4, -0.2) is 78.7 Å². The molecule has 8 nitrogen and oxygen atoms in total. The predicted molar refractivity (Wildman–Crippen MR) is 157 cm³/mol. The van der Waals surface area contributed by atoms with Gasteiger partial charge >= 0.3 is 0 Å². The molecule has 4 rings (SSSR count). The van der Waals surface area contributed by atoms with Gasteiger partial charge in [0.15, 0.2) is 5.88 Å². The van der Waals surface area contributed by atoms with E-state index in [1.54, 1.807) is 50.5 Å². The Morgan fingerprint density at radius 2 is 1.62 bits per heavy atom. The summed E-state index contributed by atoms with van der Waals surface area (Å²) in [5, 5.41) is 12.2. The number of nitrogens with zero attached hydrogens (tertiary/aromatic N) is 4. The van der Waals surface area contributed by atoms with Crippen molar-refractivity contribution in [3.05, 3.63) is 88.9 Å². The van der Waals surface area contributed by atoms with Crippen molar-refractivity contribution in [1.82, 2.24) is 14.8 Å². The van der Waals surface area contributed by atoms with E-state index < -0.39 is 0 Å². The van der Waals surface area contributed by atoms with Crippen molar-refractivity contribution in [1.29, 1.82) is 0 Å². The molecular formula is C30H32ClN5O3. The minimum absolute atomic E-state index is 0.00801. The van der Waals surface area contributed by atoms with E-state index in [0.29, 0.717) is 39.7 Å². The summed E-state index contributed by atoms with van der Waals surface area (Å²) in [7, 11) is 7.14. The Bertz CT molecular complexity index is 1490. The molecule has 0 aliphatic rings. The maximum atomic E-state index is 13.1. The summed E-state index contributed by atoms with van der Waals surface area (Å²) >= 11 is 6.17. The lowest BCUT2D eigenvalue weighted by Gasteiger charge is -2.25. The third-order valence-electron chi connectivity index (χ3n) is 6.29. The number of fused-ring (bicyclic) bond motifs is 1. The molecule has 3 aromatic carbocycles. The van der Waals surface area contributed by atoms with Crippen LogP contribution >= 0.6 is 11.6 Å². The Balaban J connectivity index is 1.74. The highest BCUT2D eigenvalue weighted by Gasteiger charge is 2.21. The number of hydrogen-bond acceptors (Lipinski definition) is 5. The lowest BCUT2D eigenvalue weighted by molar-refractivity contribution is -0.129. The molecule has 2 N–H and O–H groups in total. The molecule has 0 saturated carbocycles. The molecule has 202 valence electrons. The lowest BCUT2D eigenvalue weighted by atomic mass is 10.0. The number of benzene rings is 3. The second kappa shape index (κ2) is 12.1. The van der Waals surface area contributed by atoms with Crippen LogP contribution in [0.1, 0.15) is 17.5 Å². The second-order valence-corrected chi connectivity index (χ2v) is 10.1. The molecule has 0 aliphatic heterocycles. The first-order valence-corrected chi connectivity index (χ1v) is 12.9. The number of anilines is 1. The molecule has 39 heavy (non-hydrogen) atoms. The first-order valence-electron chi connectivity index (χ1n) is 12.5. The zero-order valence-electron chi connectivity index (χ0n) is 22.5. The number of amides is 2. The molecule has 0 radical (unpaired) electrons. The van der Waals surface area contributed by atoms with Gasteiger partial charge in [-0.2, -0.15) is 0 Å². The van der Waals surface area contributed by atoms with Gasteiger partial charge in [-0.1, -0.05) is 48.0 Å². The largest absolute Gasteiger partial charge is 0.494 e. The van der Waals surface area contributed by atoms with Crippen molar-refractivity contribution in [3.8, 4) is 5.88 Å². The van der Waals surface area contributed by atoms with E-state index in [9.17, 15) is 14.7 Å². The first kappa shape index (κ1) is 27.9. The van der Waals surface area contributed by atoms with Crippen LogP contribution in [-0.2, 0) is 9.59 Å². The van der Waals surface area contributed by atoms with Crippen LogP contribution in [0.5, 0.6) is 5.88 Å². The number of hydrogen-bond donors (Lipinski definition) is 2. The molecule has 0 fully saturated rings. The van der Waals surface area contributed by atoms with Gasteiger partial charge in [-0.25, -0.2) is 4.99 Å². The highest BCUT2D eigenvalue weighted by atomic mass is 35.5. The van der Waals surface area contributed by atoms with Crippen LogP contribution in [0.15, 0.2) is 77.8 Å². The smallest absolute Gasteiger partial charge is 0.242 e. The molecule has 0 saturated heterocycles. The monoisotopic (exact) mass is 545 g/mol. The van der Waals surface area contributed by atoms with Crippen molar-refractivity contribution in [2.75, 3.05) is 46.2 Å². The average molecular weight is 546 g/mol. The highest BCUT2D eigenvalue weighted by molar-refractivity contribution is 6.31. The molecule has 4 aromatic rings. The van der Waals surface area contributed by atoms with Crippen LogP contribution < -0.4 is 4.90 Å². The number of aromatic nitrogens is 1. The Labute approximate surface area is 233 Å². The fourth-order valence-electron chi connectivity index (χ4n) is 4.15. The fourth-order valence-corrected chi connectivity index (χ4v) is 4.32. The van der Waals surface area contributed by atoms with E-state index in [-0.39, 0.29) is 30.7 Å². The zero-order chi connectivity index (χ0) is 28.1. The van der Waals surface area contributed by atoms with Crippen LogP contribution in [0.3, 0.4) is 0 Å². The molecule has 0 spiro atoms. The van der Waals surface area contributed by atoms with Gasteiger partial charge < -0.3 is 24.8 Å². The minimum atomic E-state index is -0.170. The number of carbonyl (C=O) groups excluding carboxylic acids is 2. The predicted octanol–water partition coefficient (Wildman–Crippen LogP) is 5.07. The van der Waals surface area contributed by atoms with Crippen LogP contribution in [0.25, 0.3) is 10.9 Å². The van der Waals surface area contributed by atoms with E-state index in [1.165, 1.54) is 9.80 Å². The second-order valence-electron chi connectivity index (χ2n) is 9.70. The number of rotatable bonds is 9. The Morgan fingerprint density at radius 1 is 0.923 bits per heavy atom. The summed E-state index contributed by atoms with van der Waals surface area (Å²) in [6.45, 7) is 0.524. The molecule has 0 bridgehead atoms. The maximum absolute atomic E-state index is 13.1. The van der Waals surface area contributed by atoms with Crippen molar-refractivity contribution in [3.63, 3.8) is 0 Å². The van der Waals surface area contributed by atoms with Gasteiger partial charge in [0.25, 0.3) is 0 Å². The summed E-state index contributed by atoms with van der Waals surface area (Å²) in [5.74, 6) is -0.314. The third kappa shape index (κ3) is 6.66. The van der Waals surface area contributed by atoms with Gasteiger partial charge in [-0.15, -0.1) is 0 Å². The van der Waals surface area contributed by atoms with Gasteiger partial charge in [0.2, 0.25) is 11.8 Å². The number of aromatic amines is 1. The van der Waals surface area contributed by atoms with Crippen molar-refractivity contribution in [2.24, 2.45) is 4.99 Å². The molecule has 0 unspecified atom stereocenters. The zero-order valence-corrected chi connectivity index (χ0v) is 23.2. The van der Waals surface area contributed by atoms with Gasteiger partial charge in [0, 0.05) is 48.7 Å². The number of carbonyl (C=O) groups is 2. The summed E-state index contributed by atoms with van der Waals surface area (Å²) in [5.41, 5.74) is 3.90. The quantitative estimate of drug-likeness (QED) is 0.287. The van der Waals surface area contributed by atoms with Crippen molar-refractivity contribution in [2.45, 2.75) is 6.42 Å². The van der Waals surface area contributed by atoms with E-state index >= 15 is 0 Å².